The Hall–Kier alpha value is -2.04. The number of allylic oxidation sites excluding steroid dienone is 2. The first-order valence-corrected chi connectivity index (χ1v) is 10.7. The van der Waals surface area contributed by atoms with Gasteiger partial charge in [0.1, 0.15) is 6.10 Å². The smallest absolute Gasteiger partial charge is 0.309 e. The van der Waals surface area contributed by atoms with Gasteiger partial charge >= 0.3 is 11.9 Å². The van der Waals surface area contributed by atoms with Crippen LogP contribution in [-0.4, -0.2) is 23.1 Å². The fraction of sp³-hybridized carbons (Fsp3) is 0.667. The average molecular weight is 403 g/mol. The van der Waals surface area contributed by atoms with Crippen molar-refractivity contribution >= 4 is 11.9 Å². The highest BCUT2D eigenvalue weighted by molar-refractivity contribution is 5.76. The summed E-state index contributed by atoms with van der Waals surface area (Å²) in [7, 11) is 0. The molecule has 0 bridgehead atoms. The van der Waals surface area contributed by atoms with Crippen molar-refractivity contribution in [2.24, 2.45) is 28.6 Å². The molecule has 2 aliphatic rings. The van der Waals surface area contributed by atoms with E-state index in [0.717, 1.165) is 24.8 Å². The van der Waals surface area contributed by atoms with Gasteiger partial charge in [0.25, 0.3) is 0 Å². The Morgan fingerprint density at radius 2 is 2.03 bits per heavy atom. The molecular formula is C24H34O5. The van der Waals surface area contributed by atoms with Crippen molar-refractivity contribution in [2.75, 3.05) is 0 Å². The Bertz CT molecular complexity index is 777. The number of esters is 1. The molecule has 1 heterocycles. The Balaban J connectivity index is 1.93. The van der Waals surface area contributed by atoms with Crippen LogP contribution in [0, 0.1) is 28.6 Å². The number of carboxylic acids is 1. The largest absolute Gasteiger partial charge is 0.481 e. The van der Waals surface area contributed by atoms with Gasteiger partial charge in [0.15, 0.2) is 0 Å². The van der Waals surface area contributed by atoms with Crippen LogP contribution in [-0.2, 0) is 20.7 Å². The summed E-state index contributed by atoms with van der Waals surface area (Å²) < 4.78 is 11.0. The second-order valence-electron chi connectivity index (χ2n) is 9.81. The number of ether oxygens (including phenoxy) is 1. The molecule has 0 aromatic carbocycles. The molecule has 2 aliphatic carbocycles. The summed E-state index contributed by atoms with van der Waals surface area (Å²) in [6, 6.07) is 1.98. The van der Waals surface area contributed by atoms with E-state index in [9.17, 15) is 14.7 Å². The van der Waals surface area contributed by atoms with Crippen molar-refractivity contribution in [1.29, 1.82) is 0 Å². The topological polar surface area (TPSA) is 76.7 Å². The van der Waals surface area contributed by atoms with Crippen molar-refractivity contribution in [2.45, 2.75) is 72.8 Å². The van der Waals surface area contributed by atoms with Crippen molar-refractivity contribution in [3.63, 3.8) is 0 Å². The van der Waals surface area contributed by atoms with Crippen LogP contribution in [0.3, 0.4) is 0 Å². The number of carbonyl (C=O) groups excluding carboxylic acids is 1. The standard InChI is InChI=1S/C24H34O5/c1-15(2)21(25)29-18-12-23(4)19(8-7-17-10-11-28-14-17)16(3)6-9-20(23)24(5,13-18)22(26)27/h6,10-11,14-15,18-20H,7-9,12-13H2,1-5H3,(H,26,27). The molecule has 0 saturated heterocycles. The molecule has 5 heteroatoms. The maximum atomic E-state index is 12.4. The van der Waals surface area contributed by atoms with Crippen LogP contribution in [0.5, 0.6) is 0 Å². The Labute approximate surface area is 173 Å². The third kappa shape index (κ3) is 4.01. The lowest BCUT2D eigenvalue weighted by Gasteiger charge is -2.57. The summed E-state index contributed by atoms with van der Waals surface area (Å²) in [5.74, 6) is -1.00. The van der Waals surface area contributed by atoms with E-state index in [0.29, 0.717) is 12.8 Å². The predicted molar refractivity (Wildman–Crippen MR) is 110 cm³/mol. The van der Waals surface area contributed by atoms with Crippen molar-refractivity contribution in [3.8, 4) is 0 Å². The summed E-state index contributed by atoms with van der Waals surface area (Å²) in [6.07, 6.45) is 8.98. The Morgan fingerprint density at radius 1 is 1.31 bits per heavy atom. The molecular weight excluding hydrogens is 368 g/mol. The van der Waals surface area contributed by atoms with E-state index >= 15 is 0 Å². The second-order valence-corrected chi connectivity index (χ2v) is 9.81. The summed E-state index contributed by atoms with van der Waals surface area (Å²) in [6.45, 7) is 9.84. The molecule has 5 unspecified atom stereocenters. The van der Waals surface area contributed by atoms with Gasteiger partial charge in [-0.1, -0.05) is 32.4 Å². The number of aryl methyl sites for hydroxylation is 1. The van der Waals surface area contributed by atoms with E-state index < -0.39 is 11.4 Å². The third-order valence-corrected chi connectivity index (χ3v) is 7.45. The zero-order valence-electron chi connectivity index (χ0n) is 18.2. The number of aliphatic carboxylic acids is 1. The lowest BCUT2D eigenvalue weighted by atomic mass is 9.47. The van der Waals surface area contributed by atoms with Crippen LogP contribution in [0.4, 0.5) is 0 Å². The zero-order valence-corrected chi connectivity index (χ0v) is 18.2. The molecule has 3 rings (SSSR count). The van der Waals surface area contributed by atoms with Crippen LogP contribution < -0.4 is 0 Å². The fourth-order valence-corrected chi connectivity index (χ4v) is 5.85. The normalized spacial score (nSPS) is 34.4. The lowest BCUT2D eigenvalue weighted by molar-refractivity contribution is -0.183. The first-order chi connectivity index (χ1) is 13.6. The fourth-order valence-electron chi connectivity index (χ4n) is 5.85. The van der Waals surface area contributed by atoms with Crippen LogP contribution >= 0.6 is 0 Å². The van der Waals surface area contributed by atoms with E-state index in [-0.39, 0.29) is 35.2 Å². The molecule has 1 fully saturated rings. The van der Waals surface area contributed by atoms with Gasteiger partial charge in [-0.25, -0.2) is 0 Å². The molecule has 1 saturated carbocycles. The first-order valence-electron chi connectivity index (χ1n) is 10.7. The number of carboxylic acid groups (broad SMARTS) is 1. The van der Waals surface area contributed by atoms with Crippen molar-refractivity contribution < 1.29 is 23.8 Å². The van der Waals surface area contributed by atoms with E-state index in [4.69, 9.17) is 9.15 Å². The first kappa shape index (κ1) is 21.7. The quantitative estimate of drug-likeness (QED) is 0.519. The van der Waals surface area contributed by atoms with Crippen LogP contribution in [0.1, 0.15) is 65.9 Å². The van der Waals surface area contributed by atoms with Gasteiger partial charge in [-0.3, -0.25) is 9.59 Å². The van der Waals surface area contributed by atoms with Gasteiger partial charge in [-0.2, -0.15) is 0 Å². The minimum Gasteiger partial charge on any atom is -0.481 e. The summed E-state index contributed by atoms with van der Waals surface area (Å²) in [5.41, 5.74) is 1.31. The molecule has 0 aliphatic heterocycles. The average Bonchev–Trinajstić information content (AvgIpc) is 3.13. The molecule has 0 radical (unpaired) electrons. The third-order valence-electron chi connectivity index (χ3n) is 7.45. The van der Waals surface area contributed by atoms with E-state index in [1.807, 2.05) is 26.8 Å². The van der Waals surface area contributed by atoms with Gasteiger partial charge in [0, 0.05) is 6.42 Å². The molecule has 5 atom stereocenters. The van der Waals surface area contributed by atoms with Gasteiger partial charge in [-0.15, -0.1) is 0 Å². The number of hydrogen-bond donors (Lipinski definition) is 1. The van der Waals surface area contributed by atoms with Gasteiger partial charge in [0.2, 0.25) is 0 Å². The van der Waals surface area contributed by atoms with Gasteiger partial charge in [0.05, 0.1) is 23.9 Å². The summed E-state index contributed by atoms with van der Waals surface area (Å²) in [4.78, 5) is 24.7. The molecule has 29 heavy (non-hydrogen) atoms. The van der Waals surface area contributed by atoms with E-state index in [1.54, 1.807) is 12.5 Å². The Kier molecular flexibility index (Phi) is 5.98. The van der Waals surface area contributed by atoms with Crippen LogP contribution in [0.15, 0.2) is 34.7 Å². The molecule has 0 amide bonds. The van der Waals surface area contributed by atoms with Gasteiger partial charge < -0.3 is 14.3 Å². The lowest BCUT2D eigenvalue weighted by Crippen LogP contribution is -2.56. The highest BCUT2D eigenvalue weighted by Crippen LogP contribution is 2.61. The highest BCUT2D eigenvalue weighted by Gasteiger charge is 2.59. The number of furan rings is 1. The molecule has 1 aromatic heterocycles. The highest BCUT2D eigenvalue weighted by atomic mass is 16.5. The Morgan fingerprint density at radius 3 is 2.62 bits per heavy atom. The minimum atomic E-state index is -0.917. The minimum absolute atomic E-state index is 0.0135. The molecule has 5 nitrogen and oxygen atoms in total. The second kappa shape index (κ2) is 8.00. The molecule has 1 aromatic rings. The maximum Gasteiger partial charge on any atom is 0.309 e. The van der Waals surface area contributed by atoms with Gasteiger partial charge in [-0.05, 0) is 68.4 Å². The number of rotatable bonds is 6. The van der Waals surface area contributed by atoms with Crippen molar-refractivity contribution in [1.82, 2.24) is 0 Å². The predicted octanol–water partition coefficient (Wildman–Crippen LogP) is 5.25. The summed E-state index contributed by atoms with van der Waals surface area (Å²) >= 11 is 0. The molecule has 160 valence electrons. The van der Waals surface area contributed by atoms with E-state index in [1.165, 1.54) is 5.57 Å². The SMILES string of the molecule is CC1=CCC2C(C)(C(=O)O)CC(OC(=O)C(C)C)CC2(C)C1CCc1ccoc1. The zero-order chi connectivity index (χ0) is 21.4. The number of carbonyl (C=O) groups is 2. The number of fused-ring (bicyclic) bond motifs is 1. The number of hydrogen-bond acceptors (Lipinski definition) is 4. The van der Waals surface area contributed by atoms with Crippen molar-refractivity contribution in [3.05, 3.63) is 35.8 Å². The monoisotopic (exact) mass is 402 g/mol. The molecule has 1 N–H and O–H groups in total. The maximum absolute atomic E-state index is 12.4. The van der Waals surface area contributed by atoms with E-state index in [2.05, 4.69) is 19.9 Å². The molecule has 0 spiro atoms. The van der Waals surface area contributed by atoms with Crippen LogP contribution in [0.25, 0.3) is 0 Å². The summed E-state index contributed by atoms with van der Waals surface area (Å²) in [5, 5.41) is 10.2. The van der Waals surface area contributed by atoms with Crippen LogP contribution in [0.2, 0.25) is 0 Å².